The highest BCUT2D eigenvalue weighted by molar-refractivity contribution is 5.99. The van der Waals surface area contributed by atoms with Crippen LogP contribution in [0.4, 0.5) is 0 Å². The van der Waals surface area contributed by atoms with Gasteiger partial charge in [0.05, 0.1) is 27.9 Å². The van der Waals surface area contributed by atoms with Gasteiger partial charge in [0.2, 0.25) is 5.75 Å². The van der Waals surface area contributed by atoms with Crippen LogP contribution in [0.25, 0.3) is 0 Å². The van der Waals surface area contributed by atoms with E-state index in [4.69, 9.17) is 18.9 Å². The van der Waals surface area contributed by atoms with Crippen molar-refractivity contribution in [3.63, 3.8) is 0 Å². The van der Waals surface area contributed by atoms with Crippen molar-refractivity contribution < 1.29 is 28.5 Å². The van der Waals surface area contributed by atoms with Crippen molar-refractivity contribution in [2.24, 2.45) is 5.92 Å². The number of carbonyl (C=O) groups is 2. The van der Waals surface area contributed by atoms with Crippen LogP contribution in [0.15, 0.2) is 36.4 Å². The molecule has 0 aliphatic carbocycles. The topological polar surface area (TPSA) is 95.1 Å². The van der Waals surface area contributed by atoms with Gasteiger partial charge in [-0.3, -0.25) is 20.4 Å². The van der Waals surface area contributed by atoms with Gasteiger partial charge in [-0.25, -0.2) is 0 Å². The standard InChI is InChI=1S/C22H28N2O6/c1-14(2)10-11-30-17-8-6-15(7-9-17)21(25)23-24-22(26)16-12-18(27-3)20(29-5)19(13-16)28-4/h6-9,12-14H,10-11H2,1-5H3,(H,23,25)(H,24,26). The first-order valence-corrected chi connectivity index (χ1v) is 9.53. The van der Waals surface area contributed by atoms with Crippen molar-refractivity contribution in [3.8, 4) is 23.0 Å². The molecule has 0 saturated heterocycles. The minimum absolute atomic E-state index is 0.235. The van der Waals surface area contributed by atoms with E-state index in [-0.39, 0.29) is 5.56 Å². The summed E-state index contributed by atoms with van der Waals surface area (Å²) in [6.07, 6.45) is 0.954. The van der Waals surface area contributed by atoms with Gasteiger partial charge in [-0.05, 0) is 48.7 Å². The maximum Gasteiger partial charge on any atom is 0.269 e. The summed E-state index contributed by atoms with van der Waals surface area (Å²) in [7, 11) is 4.38. The predicted octanol–water partition coefficient (Wildman–Crippen LogP) is 3.21. The van der Waals surface area contributed by atoms with Crippen LogP contribution in [0.3, 0.4) is 0 Å². The number of benzene rings is 2. The van der Waals surface area contributed by atoms with Crippen LogP contribution in [0.1, 0.15) is 41.0 Å². The zero-order valence-electron chi connectivity index (χ0n) is 17.9. The molecule has 0 fully saturated rings. The molecule has 0 bridgehead atoms. The largest absolute Gasteiger partial charge is 0.494 e. The summed E-state index contributed by atoms with van der Waals surface area (Å²) in [6.45, 7) is 4.88. The summed E-state index contributed by atoms with van der Waals surface area (Å²) in [5.41, 5.74) is 5.38. The SMILES string of the molecule is COc1cc(C(=O)NNC(=O)c2ccc(OCCC(C)C)cc2)cc(OC)c1OC. The molecule has 2 aromatic rings. The molecule has 0 saturated carbocycles. The molecule has 0 aliphatic rings. The third kappa shape index (κ3) is 6.04. The van der Waals surface area contributed by atoms with Gasteiger partial charge in [0.1, 0.15) is 5.75 Å². The molecule has 2 N–H and O–H groups in total. The van der Waals surface area contributed by atoms with Gasteiger partial charge in [-0.2, -0.15) is 0 Å². The molecular weight excluding hydrogens is 388 g/mol. The molecule has 30 heavy (non-hydrogen) atoms. The predicted molar refractivity (Wildman–Crippen MR) is 112 cm³/mol. The lowest BCUT2D eigenvalue weighted by Gasteiger charge is -2.14. The van der Waals surface area contributed by atoms with Crippen molar-refractivity contribution in [1.82, 2.24) is 10.9 Å². The van der Waals surface area contributed by atoms with Gasteiger partial charge in [-0.15, -0.1) is 0 Å². The molecular formula is C22H28N2O6. The first-order valence-electron chi connectivity index (χ1n) is 9.53. The third-order valence-electron chi connectivity index (χ3n) is 4.30. The first kappa shape index (κ1) is 22.9. The summed E-state index contributed by atoms with van der Waals surface area (Å²) in [4.78, 5) is 24.8. The molecule has 2 aromatic carbocycles. The molecule has 0 heterocycles. The number of nitrogens with one attached hydrogen (secondary N) is 2. The highest BCUT2D eigenvalue weighted by Crippen LogP contribution is 2.38. The summed E-state index contributed by atoms with van der Waals surface area (Å²) >= 11 is 0. The third-order valence-corrected chi connectivity index (χ3v) is 4.30. The smallest absolute Gasteiger partial charge is 0.269 e. The first-order chi connectivity index (χ1) is 14.4. The Kier molecular flexibility index (Phi) is 8.34. The van der Waals surface area contributed by atoms with E-state index in [1.54, 1.807) is 24.3 Å². The van der Waals surface area contributed by atoms with Crippen molar-refractivity contribution in [2.45, 2.75) is 20.3 Å². The van der Waals surface area contributed by atoms with Crippen molar-refractivity contribution in [2.75, 3.05) is 27.9 Å². The number of ether oxygens (including phenoxy) is 4. The lowest BCUT2D eigenvalue weighted by Crippen LogP contribution is -2.41. The zero-order valence-corrected chi connectivity index (χ0v) is 17.9. The molecule has 162 valence electrons. The van der Waals surface area contributed by atoms with Crippen molar-refractivity contribution in [3.05, 3.63) is 47.5 Å². The second-order valence-electron chi connectivity index (χ2n) is 6.88. The summed E-state index contributed by atoms with van der Waals surface area (Å²) in [5.74, 6) is 1.30. The fourth-order valence-electron chi connectivity index (χ4n) is 2.59. The highest BCUT2D eigenvalue weighted by Gasteiger charge is 2.17. The Bertz CT molecular complexity index is 839. The number of amides is 2. The van der Waals surface area contributed by atoms with Crippen molar-refractivity contribution in [1.29, 1.82) is 0 Å². The average Bonchev–Trinajstić information content (AvgIpc) is 2.76. The minimum Gasteiger partial charge on any atom is -0.494 e. The summed E-state index contributed by atoms with van der Waals surface area (Å²) in [6, 6.07) is 9.68. The number of methoxy groups -OCH3 is 3. The van der Waals surface area contributed by atoms with Crippen LogP contribution >= 0.6 is 0 Å². The van der Waals surface area contributed by atoms with Gasteiger partial charge in [0.25, 0.3) is 11.8 Å². The fourth-order valence-corrected chi connectivity index (χ4v) is 2.59. The quantitative estimate of drug-likeness (QED) is 0.610. The Morgan fingerprint density at radius 3 is 1.83 bits per heavy atom. The van der Waals surface area contributed by atoms with E-state index >= 15 is 0 Å². The Morgan fingerprint density at radius 1 is 0.833 bits per heavy atom. The van der Waals surface area contributed by atoms with E-state index in [1.807, 2.05) is 0 Å². The highest BCUT2D eigenvalue weighted by atomic mass is 16.5. The van der Waals surface area contributed by atoms with E-state index in [2.05, 4.69) is 24.7 Å². The van der Waals surface area contributed by atoms with E-state index in [0.29, 0.717) is 41.1 Å². The molecule has 2 amide bonds. The Balaban J connectivity index is 1.98. The minimum atomic E-state index is -0.531. The Labute approximate surface area is 176 Å². The number of hydrogen-bond acceptors (Lipinski definition) is 6. The monoisotopic (exact) mass is 416 g/mol. The maximum absolute atomic E-state index is 12.4. The number of hydrazine groups is 1. The Hall–Kier alpha value is -3.42. The average molecular weight is 416 g/mol. The molecule has 0 atom stereocenters. The van der Waals surface area contributed by atoms with Crippen LogP contribution in [-0.4, -0.2) is 39.8 Å². The number of hydrogen-bond donors (Lipinski definition) is 2. The molecule has 8 nitrogen and oxygen atoms in total. The molecule has 0 unspecified atom stereocenters. The summed E-state index contributed by atoms with van der Waals surface area (Å²) < 4.78 is 21.3. The van der Waals surface area contributed by atoms with Gasteiger partial charge >= 0.3 is 0 Å². The fraction of sp³-hybridized carbons (Fsp3) is 0.364. The lowest BCUT2D eigenvalue weighted by molar-refractivity contribution is 0.0846. The second kappa shape index (κ2) is 10.9. The van der Waals surface area contributed by atoms with E-state index in [1.165, 1.54) is 33.5 Å². The molecule has 0 spiro atoms. The maximum atomic E-state index is 12.4. The Morgan fingerprint density at radius 2 is 1.37 bits per heavy atom. The normalized spacial score (nSPS) is 10.3. The van der Waals surface area contributed by atoms with Gasteiger partial charge < -0.3 is 18.9 Å². The van der Waals surface area contributed by atoms with E-state index < -0.39 is 11.8 Å². The van der Waals surface area contributed by atoms with Crippen LogP contribution < -0.4 is 29.8 Å². The van der Waals surface area contributed by atoms with E-state index in [0.717, 1.165) is 6.42 Å². The number of rotatable bonds is 9. The van der Waals surface area contributed by atoms with Gasteiger partial charge in [0.15, 0.2) is 11.5 Å². The van der Waals surface area contributed by atoms with Crippen LogP contribution in [0, 0.1) is 5.92 Å². The molecule has 0 aliphatic heterocycles. The second-order valence-corrected chi connectivity index (χ2v) is 6.88. The zero-order chi connectivity index (χ0) is 22.1. The molecule has 2 rings (SSSR count). The number of carbonyl (C=O) groups excluding carboxylic acids is 2. The molecule has 8 heteroatoms. The summed E-state index contributed by atoms with van der Waals surface area (Å²) in [5, 5.41) is 0. The molecule has 0 aromatic heterocycles. The van der Waals surface area contributed by atoms with Gasteiger partial charge in [0, 0.05) is 11.1 Å². The molecule has 0 radical (unpaired) electrons. The lowest BCUT2D eigenvalue weighted by atomic mass is 10.1. The van der Waals surface area contributed by atoms with Crippen LogP contribution in [-0.2, 0) is 0 Å². The van der Waals surface area contributed by atoms with Crippen LogP contribution in [0.2, 0.25) is 0 Å². The van der Waals surface area contributed by atoms with Crippen LogP contribution in [0.5, 0.6) is 23.0 Å². The van der Waals surface area contributed by atoms with Gasteiger partial charge in [-0.1, -0.05) is 13.8 Å². The van der Waals surface area contributed by atoms with Crippen molar-refractivity contribution >= 4 is 11.8 Å². The van der Waals surface area contributed by atoms with E-state index in [9.17, 15) is 9.59 Å².